The second-order valence-electron chi connectivity index (χ2n) is 12.7. The molecule has 2 aliphatic heterocycles. The summed E-state index contributed by atoms with van der Waals surface area (Å²) in [6.07, 6.45) is 5.67. The third kappa shape index (κ3) is 5.84. The summed E-state index contributed by atoms with van der Waals surface area (Å²) < 4.78 is 1.34. The number of carbonyl (C=O) groups is 2. The van der Waals surface area contributed by atoms with Gasteiger partial charge >= 0.3 is 0 Å². The first-order valence-electron chi connectivity index (χ1n) is 16.2. The molecule has 0 aliphatic carbocycles. The van der Waals surface area contributed by atoms with Crippen LogP contribution in [-0.2, 0) is 34.7 Å². The molecule has 0 fully saturated rings. The summed E-state index contributed by atoms with van der Waals surface area (Å²) in [4.78, 5) is 43.7. The van der Waals surface area contributed by atoms with E-state index in [0.29, 0.717) is 40.3 Å². The van der Waals surface area contributed by atoms with Gasteiger partial charge in [0.2, 0.25) is 5.91 Å². The number of aromatic nitrogens is 2. The topological polar surface area (TPSA) is 116 Å². The van der Waals surface area contributed by atoms with Gasteiger partial charge in [-0.05, 0) is 59.5 Å². The van der Waals surface area contributed by atoms with Crippen LogP contribution >= 0.6 is 11.6 Å². The number of rotatable bonds is 8. The van der Waals surface area contributed by atoms with Crippen LogP contribution in [-0.4, -0.2) is 49.4 Å². The molecule has 9 nitrogen and oxygen atoms in total. The van der Waals surface area contributed by atoms with E-state index in [-0.39, 0.29) is 37.1 Å². The number of halogens is 1. The number of aliphatic hydroxyl groups excluding tert-OH is 1. The first kappa shape index (κ1) is 32.5. The van der Waals surface area contributed by atoms with Gasteiger partial charge < -0.3 is 20.0 Å². The Morgan fingerprint density at radius 2 is 1.76 bits per heavy atom. The van der Waals surface area contributed by atoms with Crippen LogP contribution in [0.3, 0.4) is 0 Å². The Morgan fingerprint density at radius 1 is 1.02 bits per heavy atom. The molecule has 0 bridgehead atoms. The van der Waals surface area contributed by atoms with E-state index in [9.17, 15) is 24.6 Å². The fourth-order valence-electron chi connectivity index (χ4n) is 6.95. The third-order valence-corrected chi connectivity index (χ3v) is 9.95. The average molecular weight is 675 g/mol. The van der Waals surface area contributed by atoms with Crippen molar-refractivity contribution in [3.8, 4) is 5.69 Å². The van der Waals surface area contributed by atoms with Crippen LogP contribution < -0.4 is 10.5 Å². The summed E-state index contributed by atoms with van der Waals surface area (Å²) in [6, 6.07) is 27.1. The van der Waals surface area contributed by atoms with Gasteiger partial charge in [-0.2, -0.15) is 9.78 Å². The minimum atomic E-state index is -1.92. The Hall–Kier alpha value is -5.09. The lowest BCUT2D eigenvalue weighted by Crippen LogP contribution is -2.46. The number of anilines is 1. The molecule has 49 heavy (non-hydrogen) atoms. The summed E-state index contributed by atoms with van der Waals surface area (Å²) in [5.74, 6) is -1.34. The van der Waals surface area contributed by atoms with Crippen molar-refractivity contribution in [1.82, 2.24) is 14.7 Å². The van der Waals surface area contributed by atoms with Gasteiger partial charge in [-0.25, -0.2) is 0 Å². The molecule has 248 valence electrons. The molecule has 3 heterocycles. The number of hydrogen-bond acceptors (Lipinski definition) is 6. The van der Waals surface area contributed by atoms with Gasteiger partial charge in [0.05, 0.1) is 42.2 Å². The molecule has 4 aromatic carbocycles. The molecule has 2 aliphatic rings. The maximum atomic E-state index is 14.1. The number of amides is 2. The predicted molar refractivity (Wildman–Crippen MR) is 188 cm³/mol. The van der Waals surface area contributed by atoms with Crippen molar-refractivity contribution in [2.75, 3.05) is 11.5 Å². The summed E-state index contributed by atoms with van der Waals surface area (Å²) in [6.45, 7) is 2.20. The fourth-order valence-corrected chi connectivity index (χ4v) is 7.12. The Balaban J connectivity index is 1.09. The molecule has 0 radical (unpaired) electrons. The van der Waals surface area contributed by atoms with E-state index in [1.54, 1.807) is 66.6 Å². The van der Waals surface area contributed by atoms with Gasteiger partial charge in [-0.3, -0.25) is 14.4 Å². The molecule has 10 heteroatoms. The molecule has 0 saturated heterocycles. The fraction of sp³-hybridized carbons (Fsp3) is 0.231. The smallest absolute Gasteiger partial charge is 0.279 e. The highest BCUT2D eigenvalue weighted by Gasteiger charge is 2.52. The molecule has 7 rings (SSSR count). The minimum absolute atomic E-state index is 0.0564. The summed E-state index contributed by atoms with van der Waals surface area (Å²) in [5.41, 5.74) is 2.36. The van der Waals surface area contributed by atoms with Gasteiger partial charge in [0.15, 0.2) is 5.60 Å². The normalized spacial score (nSPS) is 19.3. The lowest BCUT2D eigenvalue weighted by Gasteiger charge is -2.36. The van der Waals surface area contributed by atoms with Crippen molar-refractivity contribution in [1.29, 1.82) is 0 Å². The van der Waals surface area contributed by atoms with Crippen molar-refractivity contribution in [2.45, 2.75) is 44.5 Å². The van der Waals surface area contributed by atoms with Gasteiger partial charge in [0, 0.05) is 34.9 Å². The van der Waals surface area contributed by atoms with E-state index in [2.05, 4.69) is 5.10 Å². The standard InChI is InChI=1S/C39H35ClN4O5/c1-25(7-6-12-36(46)42-23-29-10-3-2-8-27(29)19-32(42)24-45)39(49)34-20-30(40)15-18-35(34)43(38(39)48)22-26-13-16-31(17-14-26)44-37(47)33-11-5-4-9-28(33)21-41-44/h2-11,13-18,20-21,25,32,45,49H,12,19,22-24H2,1H3/b7-6+/t25-,32+,39+/m1/s1. The van der Waals surface area contributed by atoms with E-state index in [4.69, 9.17) is 11.6 Å². The molecule has 1 aromatic heterocycles. The molecular weight excluding hydrogens is 640 g/mol. The van der Waals surface area contributed by atoms with Crippen molar-refractivity contribution < 1.29 is 19.8 Å². The highest BCUT2D eigenvalue weighted by molar-refractivity contribution is 6.31. The largest absolute Gasteiger partial charge is 0.394 e. The first-order chi connectivity index (χ1) is 23.7. The van der Waals surface area contributed by atoms with E-state index in [0.717, 1.165) is 22.1 Å². The first-order valence-corrected chi connectivity index (χ1v) is 16.6. The van der Waals surface area contributed by atoms with Crippen LogP contribution in [0.5, 0.6) is 0 Å². The summed E-state index contributed by atoms with van der Waals surface area (Å²) >= 11 is 6.37. The number of hydrogen-bond donors (Lipinski definition) is 2. The third-order valence-electron chi connectivity index (χ3n) is 9.71. The Morgan fingerprint density at radius 3 is 2.53 bits per heavy atom. The highest BCUT2D eigenvalue weighted by atomic mass is 35.5. The summed E-state index contributed by atoms with van der Waals surface area (Å²) in [7, 11) is 0. The molecular formula is C39H35ClN4O5. The van der Waals surface area contributed by atoms with Crippen LogP contribution in [0.4, 0.5) is 5.69 Å². The van der Waals surface area contributed by atoms with Gasteiger partial charge in [-0.15, -0.1) is 0 Å². The van der Waals surface area contributed by atoms with Crippen molar-refractivity contribution in [3.63, 3.8) is 0 Å². The van der Waals surface area contributed by atoms with Crippen LogP contribution in [0.1, 0.15) is 35.6 Å². The second kappa shape index (κ2) is 13.1. The quantitative estimate of drug-likeness (QED) is 0.216. The zero-order valence-electron chi connectivity index (χ0n) is 26.9. The van der Waals surface area contributed by atoms with E-state index < -0.39 is 17.4 Å². The maximum Gasteiger partial charge on any atom is 0.279 e. The van der Waals surface area contributed by atoms with Crippen molar-refractivity contribution >= 4 is 39.9 Å². The van der Waals surface area contributed by atoms with Gasteiger partial charge in [0.1, 0.15) is 0 Å². The van der Waals surface area contributed by atoms with Crippen LogP contribution in [0.15, 0.2) is 114 Å². The maximum absolute atomic E-state index is 14.1. The minimum Gasteiger partial charge on any atom is -0.394 e. The van der Waals surface area contributed by atoms with E-state index >= 15 is 0 Å². The molecule has 3 atom stereocenters. The SMILES string of the molecule is C[C@H](/C=C/CC(=O)N1Cc2ccccc2C[C@H]1CO)[C@@]1(O)C(=O)N(Cc2ccc(-n3ncc4ccccc4c3=O)cc2)c2ccc(Cl)cc21. The monoisotopic (exact) mass is 674 g/mol. The van der Waals surface area contributed by atoms with Crippen LogP contribution in [0.25, 0.3) is 16.5 Å². The number of nitrogens with zero attached hydrogens (tertiary/aromatic N) is 4. The van der Waals surface area contributed by atoms with Crippen molar-refractivity contribution in [3.05, 3.63) is 147 Å². The number of aliphatic hydroxyl groups is 2. The summed E-state index contributed by atoms with van der Waals surface area (Å²) in [5, 5.41) is 28.1. The zero-order valence-corrected chi connectivity index (χ0v) is 27.6. The Bertz CT molecular complexity index is 2160. The molecule has 5 aromatic rings. The number of carbonyl (C=O) groups excluding carboxylic acids is 2. The molecule has 0 unspecified atom stereocenters. The van der Waals surface area contributed by atoms with E-state index in [1.165, 1.54) is 9.58 Å². The van der Waals surface area contributed by atoms with Gasteiger partial charge in [0.25, 0.3) is 11.5 Å². The molecule has 2 amide bonds. The average Bonchev–Trinajstić information content (AvgIpc) is 3.33. The molecule has 0 spiro atoms. The second-order valence-corrected chi connectivity index (χ2v) is 13.1. The lowest BCUT2D eigenvalue weighted by molar-refractivity contribution is -0.139. The zero-order chi connectivity index (χ0) is 34.3. The van der Waals surface area contributed by atoms with E-state index in [1.807, 2.05) is 54.6 Å². The van der Waals surface area contributed by atoms with Gasteiger partial charge in [-0.1, -0.05) is 85.3 Å². The number of fused-ring (bicyclic) bond motifs is 3. The van der Waals surface area contributed by atoms with Crippen LogP contribution in [0, 0.1) is 5.92 Å². The van der Waals surface area contributed by atoms with Crippen molar-refractivity contribution in [2.24, 2.45) is 5.92 Å². The Kier molecular flexibility index (Phi) is 8.66. The molecule has 2 N–H and O–H groups in total. The lowest BCUT2D eigenvalue weighted by atomic mass is 9.83. The number of benzene rings is 4. The molecule has 0 saturated carbocycles. The van der Waals surface area contributed by atoms with Crippen LogP contribution in [0.2, 0.25) is 5.02 Å². The predicted octanol–water partition coefficient (Wildman–Crippen LogP) is 5.30. The highest BCUT2D eigenvalue weighted by Crippen LogP contribution is 2.46. The Labute approximate surface area is 288 Å².